The minimum Gasteiger partial charge on any atom is -0.486 e. The molecular formula is C24H28FN3O5S. The monoisotopic (exact) mass is 489 g/mol. The first-order valence-electron chi connectivity index (χ1n) is 11.6. The van der Waals surface area contributed by atoms with Gasteiger partial charge in [-0.2, -0.15) is 4.31 Å². The number of hydrogen-bond acceptors (Lipinski definition) is 6. The zero-order valence-electron chi connectivity index (χ0n) is 18.9. The van der Waals surface area contributed by atoms with Crippen LogP contribution in [-0.2, 0) is 14.8 Å². The zero-order chi connectivity index (χ0) is 23.7. The first-order valence-corrected chi connectivity index (χ1v) is 13.0. The molecule has 34 heavy (non-hydrogen) atoms. The van der Waals surface area contributed by atoms with Crippen LogP contribution in [-0.4, -0.2) is 80.9 Å². The van der Waals surface area contributed by atoms with E-state index in [0.717, 1.165) is 36.0 Å². The molecule has 0 aliphatic carbocycles. The summed E-state index contributed by atoms with van der Waals surface area (Å²) in [6.45, 7) is 3.42. The Morgan fingerprint density at radius 3 is 2.50 bits per heavy atom. The Kier molecular flexibility index (Phi) is 6.46. The van der Waals surface area contributed by atoms with Gasteiger partial charge in [0, 0.05) is 32.7 Å². The smallest absolute Gasteiger partial charge is 0.243 e. The fraction of sp³-hybridized carbons (Fsp3) is 0.458. The normalized spacial score (nSPS) is 21.6. The first-order chi connectivity index (χ1) is 16.4. The average molecular weight is 490 g/mol. The van der Waals surface area contributed by atoms with E-state index in [9.17, 15) is 17.6 Å². The van der Waals surface area contributed by atoms with Gasteiger partial charge in [-0.1, -0.05) is 12.1 Å². The summed E-state index contributed by atoms with van der Waals surface area (Å²) in [6, 6.07) is 10.9. The summed E-state index contributed by atoms with van der Waals surface area (Å²) in [5.41, 5.74) is 1.04. The van der Waals surface area contributed by atoms with E-state index in [1.807, 2.05) is 28.0 Å². The highest BCUT2D eigenvalue weighted by Crippen LogP contribution is 2.38. The van der Waals surface area contributed by atoms with Gasteiger partial charge in [0.1, 0.15) is 19.0 Å². The standard InChI is InChI=1S/C24H28FN3O5S/c25-19-3-1-4-20(16-19)34(30,31)27-11-9-26(10-12-27)17-24(29)28-8-2-5-21(28)18-6-7-22-23(15-18)33-14-13-32-22/h1,3-4,6-7,15-16,21H,2,5,8-14,17H2/t21-/m1/s1. The van der Waals surface area contributed by atoms with E-state index < -0.39 is 15.8 Å². The quantitative estimate of drug-likeness (QED) is 0.641. The number of carbonyl (C=O) groups is 1. The number of amides is 1. The molecule has 2 aromatic rings. The number of benzene rings is 2. The molecule has 182 valence electrons. The number of likely N-dealkylation sites (tertiary alicyclic amines) is 1. The number of piperazine rings is 1. The van der Waals surface area contributed by atoms with Gasteiger partial charge in [0.15, 0.2) is 11.5 Å². The molecule has 5 rings (SSSR count). The largest absolute Gasteiger partial charge is 0.486 e. The molecule has 2 aromatic carbocycles. The lowest BCUT2D eigenvalue weighted by Gasteiger charge is -2.35. The van der Waals surface area contributed by atoms with E-state index >= 15 is 0 Å². The average Bonchev–Trinajstić information content (AvgIpc) is 3.34. The second-order valence-corrected chi connectivity index (χ2v) is 10.7. The molecule has 1 amide bonds. The molecule has 10 heteroatoms. The number of ether oxygens (including phenoxy) is 2. The molecule has 0 radical (unpaired) electrons. The molecule has 2 saturated heterocycles. The summed E-state index contributed by atoms with van der Waals surface area (Å²) in [6.07, 6.45) is 1.83. The Hall–Kier alpha value is -2.69. The van der Waals surface area contributed by atoms with Crippen LogP contribution in [0, 0.1) is 5.82 Å². The minimum absolute atomic E-state index is 0.00188. The van der Waals surface area contributed by atoms with Crippen molar-refractivity contribution < 1.29 is 27.1 Å². The van der Waals surface area contributed by atoms with Gasteiger partial charge in [-0.15, -0.1) is 0 Å². The molecule has 0 unspecified atom stereocenters. The van der Waals surface area contributed by atoms with Crippen LogP contribution < -0.4 is 9.47 Å². The molecule has 2 fully saturated rings. The van der Waals surface area contributed by atoms with Gasteiger partial charge < -0.3 is 14.4 Å². The molecule has 0 aromatic heterocycles. The number of halogens is 1. The molecule has 8 nitrogen and oxygen atoms in total. The fourth-order valence-electron chi connectivity index (χ4n) is 4.87. The van der Waals surface area contributed by atoms with Crippen LogP contribution in [0.25, 0.3) is 0 Å². The Bertz CT molecular complexity index is 1170. The van der Waals surface area contributed by atoms with E-state index in [2.05, 4.69) is 0 Å². The van der Waals surface area contributed by atoms with Crippen LogP contribution in [0.3, 0.4) is 0 Å². The third-order valence-electron chi connectivity index (χ3n) is 6.65. The van der Waals surface area contributed by atoms with Crippen LogP contribution in [0.2, 0.25) is 0 Å². The number of rotatable bonds is 5. The molecular weight excluding hydrogens is 461 g/mol. The van der Waals surface area contributed by atoms with Crippen LogP contribution in [0.15, 0.2) is 47.4 Å². The second-order valence-electron chi connectivity index (χ2n) is 8.79. The van der Waals surface area contributed by atoms with Gasteiger partial charge in [-0.05, 0) is 48.7 Å². The van der Waals surface area contributed by atoms with Crippen molar-refractivity contribution >= 4 is 15.9 Å². The van der Waals surface area contributed by atoms with Crippen molar-refractivity contribution in [1.29, 1.82) is 0 Å². The summed E-state index contributed by atoms with van der Waals surface area (Å²) < 4.78 is 51.8. The molecule has 0 N–H and O–H groups in total. The summed E-state index contributed by atoms with van der Waals surface area (Å²) in [7, 11) is -3.76. The van der Waals surface area contributed by atoms with Gasteiger partial charge >= 0.3 is 0 Å². The predicted molar refractivity (Wildman–Crippen MR) is 123 cm³/mol. The molecule has 3 aliphatic heterocycles. The van der Waals surface area contributed by atoms with Crippen LogP contribution in [0.1, 0.15) is 24.4 Å². The minimum atomic E-state index is -3.76. The molecule has 3 aliphatic rings. The van der Waals surface area contributed by atoms with Crippen molar-refractivity contribution in [2.45, 2.75) is 23.8 Å². The lowest BCUT2D eigenvalue weighted by Crippen LogP contribution is -2.51. The van der Waals surface area contributed by atoms with E-state index in [4.69, 9.17) is 9.47 Å². The fourth-order valence-corrected chi connectivity index (χ4v) is 6.32. The maximum Gasteiger partial charge on any atom is 0.243 e. The van der Waals surface area contributed by atoms with Crippen molar-refractivity contribution in [1.82, 2.24) is 14.1 Å². The van der Waals surface area contributed by atoms with Crippen LogP contribution in [0.5, 0.6) is 11.5 Å². The summed E-state index contributed by atoms with van der Waals surface area (Å²) in [5.74, 6) is 0.915. The van der Waals surface area contributed by atoms with Crippen LogP contribution in [0.4, 0.5) is 4.39 Å². The maximum atomic E-state index is 13.5. The highest BCUT2D eigenvalue weighted by Gasteiger charge is 2.34. The predicted octanol–water partition coefficient (Wildman–Crippen LogP) is 2.27. The second kappa shape index (κ2) is 9.52. The SMILES string of the molecule is O=C(CN1CCN(S(=O)(=O)c2cccc(F)c2)CC1)N1CCC[C@@H]1c1ccc2c(c1)OCCO2. The van der Waals surface area contributed by atoms with Crippen molar-refractivity contribution in [2.75, 3.05) is 52.5 Å². The van der Waals surface area contributed by atoms with Gasteiger partial charge in [0.25, 0.3) is 0 Å². The number of sulfonamides is 1. The van der Waals surface area contributed by atoms with Crippen molar-refractivity contribution in [2.24, 2.45) is 0 Å². The van der Waals surface area contributed by atoms with Gasteiger partial charge in [0.2, 0.25) is 15.9 Å². The summed E-state index contributed by atoms with van der Waals surface area (Å²) >= 11 is 0. The number of hydrogen-bond donors (Lipinski definition) is 0. The Balaban J connectivity index is 1.20. The van der Waals surface area contributed by atoms with E-state index in [1.54, 1.807) is 0 Å². The van der Waals surface area contributed by atoms with Gasteiger partial charge in [-0.3, -0.25) is 9.69 Å². The van der Waals surface area contributed by atoms with Crippen molar-refractivity contribution in [3.63, 3.8) is 0 Å². The molecule has 1 atom stereocenters. The molecule has 0 spiro atoms. The Morgan fingerprint density at radius 2 is 1.74 bits per heavy atom. The number of carbonyl (C=O) groups excluding carboxylic acids is 1. The summed E-state index contributed by atoms with van der Waals surface area (Å²) in [4.78, 5) is 17.0. The molecule has 3 heterocycles. The van der Waals surface area contributed by atoms with Gasteiger partial charge in [-0.25, -0.2) is 12.8 Å². The first kappa shape index (κ1) is 23.1. The van der Waals surface area contributed by atoms with Crippen LogP contribution >= 0.6 is 0 Å². The lowest BCUT2D eigenvalue weighted by molar-refractivity contribution is -0.133. The molecule has 0 saturated carbocycles. The maximum absolute atomic E-state index is 13.5. The third kappa shape index (κ3) is 4.62. The van der Waals surface area contributed by atoms with E-state index in [0.29, 0.717) is 32.8 Å². The van der Waals surface area contributed by atoms with Crippen molar-refractivity contribution in [3.8, 4) is 11.5 Å². The highest BCUT2D eigenvalue weighted by molar-refractivity contribution is 7.89. The topological polar surface area (TPSA) is 79.4 Å². The molecule has 0 bridgehead atoms. The number of fused-ring (bicyclic) bond motifs is 1. The van der Waals surface area contributed by atoms with E-state index in [1.165, 1.54) is 22.5 Å². The zero-order valence-corrected chi connectivity index (χ0v) is 19.7. The highest BCUT2D eigenvalue weighted by atomic mass is 32.2. The summed E-state index contributed by atoms with van der Waals surface area (Å²) in [5, 5.41) is 0. The van der Waals surface area contributed by atoms with Crippen molar-refractivity contribution in [3.05, 3.63) is 53.8 Å². The van der Waals surface area contributed by atoms with Gasteiger partial charge in [0.05, 0.1) is 17.5 Å². The van der Waals surface area contributed by atoms with E-state index in [-0.39, 0.29) is 36.5 Å². The number of nitrogens with zero attached hydrogens (tertiary/aromatic N) is 3. The Labute approximate surface area is 198 Å². The third-order valence-corrected chi connectivity index (χ3v) is 8.54. The lowest BCUT2D eigenvalue weighted by atomic mass is 10.0. The Morgan fingerprint density at radius 1 is 0.971 bits per heavy atom.